The molecule has 1 fully saturated rings. The van der Waals surface area contributed by atoms with Gasteiger partial charge in [-0.2, -0.15) is 0 Å². The van der Waals surface area contributed by atoms with E-state index >= 15 is 0 Å². The van der Waals surface area contributed by atoms with Gasteiger partial charge in [-0.1, -0.05) is 0 Å². The summed E-state index contributed by atoms with van der Waals surface area (Å²) >= 11 is 0. The van der Waals surface area contributed by atoms with Crippen LogP contribution in [0.25, 0.3) is 10.9 Å². The molecule has 7 heteroatoms. The number of aromatic nitrogens is 2. The normalized spacial score (nSPS) is 16.0. The zero-order valence-electron chi connectivity index (χ0n) is 11.5. The van der Waals surface area contributed by atoms with Gasteiger partial charge in [0.25, 0.3) is 5.69 Å². The summed E-state index contributed by atoms with van der Waals surface area (Å²) in [5, 5.41) is 14.8. The number of piperidine rings is 1. The van der Waals surface area contributed by atoms with Crippen molar-refractivity contribution in [3.8, 4) is 5.88 Å². The van der Waals surface area contributed by atoms with Crippen molar-refractivity contribution in [3.63, 3.8) is 0 Å². The van der Waals surface area contributed by atoms with Crippen LogP contribution in [0.4, 0.5) is 5.69 Å². The van der Waals surface area contributed by atoms with E-state index in [0.29, 0.717) is 29.3 Å². The van der Waals surface area contributed by atoms with E-state index in [-0.39, 0.29) is 5.69 Å². The summed E-state index contributed by atoms with van der Waals surface area (Å²) < 4.78 is 5.79. The standard InChI is InChI=1S/C14H16N4O3/c19-18(20)11-1-2-13-12(7-11)14(17-9-16-13)21-8-10-3-5-15-6-4-10/h1-2,7,9-10,15H,3-6,8H2. The summed E-state index contributed by atoms with van der Waals surface area (Å²) in [7, 11) is 0. The van der Waals surface area contributed by atoms with Gasteiger partial charge in [0.15, 0.2) is 0 Å². The van der Waals surface area contributed by atoms with Crippen LogP contribution in [0.5, 0.6) is 5.88 Å². The lowest BCUT2D eigenvalue weighted by Gasteiger charge is -2.22. The lowest BCUT2D eigenvalue weighted by atomic mass is 9.99. The van der Waals surface area contributed by atoms with Gasteiger partial charge in [0.05, 0.1) is 22.4 Å². The second kappa shape index (κ2) is 6.01. The predicted octanol–water partition coefficient (Wildman–Crippen LogP) is 1.92. The van der Waals surface area contributed by atoms with Crippen molar-refractivity contribution < 1.29 is 9.66 Å². The van der Waals surface area contributed by atoms with E-state index in [9.17, 15) is 10.1 Å². The molecule has 3 rings (SSSR count). The molecule has 0 radical (unpaired) electrons. The van der Waals surface area contributed by atoms with Crippen molar-refractivity contribution in [1.29, 1.82) is 0 Å². The maximum Gasteiger partial charge on any atom is 0.270 e. The Labute approximate surface area is 121 Å². The summed E-state index contributed by atoms with van der Waals surface area (Å²) in [6.45, 7) is 2.59. The zero-order chi connectivity index (χ0) is 14.7. The van der Waals surface area contributed by atoms with Crippen molar-refractivity contribution in [3.05, 3.63) is 34.6 Å². The van der Waals surface area contributed by atoms with Crippen LogP contribution in [0.2, 0.25) is 0 Å². The van der Waals surface area contributed by atoms with Crippen molar-refractivity contribution in [2.45, 2.75) is 12.8 Å². The smallest absolute Gasteiger partial charge is 0.270 e. The molecule has 2 heterocycles. The average molecular weight is 288 g/mol. The lowest BCUT2D eigenvalue weighted by Crippen LogP contribution is -2.30. The average Bonchev–Trinajstić information content (AvgIpc) is 2.53. The first kappa shape index (κ1) is 13.7. The van der Waals surface area contributed by atoms with Gasteiger partial charge in [0.2, 0.25) is 5.88 Å². The first-order valence-corrected chi connectivity index (χ1v) is 6.97. The van der Waals surface area contributed by atoms with Gasteiger partial charge in [-0.05, 0) is 37.9 Å². The molecule has 110 valence electrons. The van der Waals surface area contributed by atoms with Gasteiger partial charge in [0.1, 0.15) is 6.33 Å². The highest BCUT2D eigenvalue weighted by atomic mass is 16.6. The van der Waals surface area contributed by atoms with E-state index < -0.39 is 4.92 Å². The van der Waals surface area contributed by atoms with Crippen LogP contribution in [-0.4, -0.2) is 34.6 Å². The molecule has 0 bridgehead atoms. The Morgan fingerprint density at radius 1 is 1.33 bits per heavy atom. The van der Waals surface area contributed by atoms with Crippen molar-refractivity contribution in [2.24, 2.45) is 5.92 Å². The van der Waals surface area contributed by atoms with Gasteiger partial charge in [-0.3, -0.25) is 10.1 Å². The number of nitro groups is 1. The number of nitrogens with one attached hydrogen (secondary N) is 1. The fourth-order valence-corrected chi connectivity index (χ4v) is 2.49. The fourth-order valence-electron chi connectivity index (χ4n) is 2.49. The number of fused-ring (bicyclic) bond motifs is 1. The molecule has 1 saturated heterocycles. The highest BCUT2D eigenvalue weighted by molar-refractivity contribution is 5.85. The SMILES string of the molecule is O=[N+]([O-])c1ccc2ncnc(OCC3CCNCC3)c2c1. The monoisotopic (exact) mass is 288 g/mol. The molecule has 0 saturated carbocycles. The molecule has 21 heavy (non-hydrogen) atoms. The Morgan fingerprint density at radius 2 is 2.14 bits per heavy atom. The minimum Gasteiger partial charge on any atom is -0.477 e. The maximum absolute atomic E-state index is 10.9. The number of hydrogen-bond donors (Lipinski definition) is 1. The van der Waals surface area contributed by atoms with Crippen molar-refractivity contribution >= 4 is 16.6 Å². The topological polar surface area (TPSA) is 90.2 Å². The first-order valence-electron chi connectivity index (χ1n) is 6.97. The summed E-state index contributed by atoms with van der Waals surface area (Å²) in [5.74, 6) is 0.914. The third-order valence-corrected chi connectivity index (χ3v) is 3.71. The Balaban J connectivity index is 1.83. The third-order valence-electron chi connectivity index (χ3n) is 3.71. The second-order valence-electron chi connectivity index (χ2n) is 5.14. The number of ether oxygens (including phenoxy) is 1. The van der Waals surface area contributed by atoms with Gasteiger partial charge in [-0.15, -0.1) is 0 Å². The van der Waals surface area contributed by atoms with Gasteiger partial charge < -0.3 is 10.1 Å². The van der Waals surface area contributed by atoms with Crippen LogP contribution in [0.1, 0.15) is 12.8 Å². The van der Waals surface area contributed by atoms with E-state index in [0.717, 1.165) is 25.9 Å². The number of hydrogen-bond acceptors (Lipinski definition) is 6. The molecule has 0 amide bonds. The van der Waals surface area contributed by atoms with Gasteiger partial charge in [-0.25, -0.2) is 9.97 Å². The number of nitro benzene ring substituents is 1. The molecule has 0 unspecified atom stereocenters. The molecular formula is C14H16N4O3. The summed E-state index contributed by atoms with van der Waals surface area (Å²) in [6.07, 6.45) is 3.57. The number of non-ortho nitro benzene ring substituents is 1. The van der Waals surface area contributed by atoms with Gasteiger partial charge in [0, 0.05) is 12.1 Å². The summed E-state index contributed by atoms with van der Waals surface area (Å²) in [4.78, 5) is 18.7. The summed E-state index contributed by atoms with van der Waals surface area (Å²) in [5.41, 5.74) is 0.667. The summed E-state index contributed by atoms with van der Waals surface area (Å²) in [6, 6.07) is 4.52. The predicted molar refractivity (Wildman–Crippen MR) is 77.3 cm³/mol. The molecule has 1 aliphatic rings. The molecular weight excluding hydrogens is 272 g/mol. The Hall–Kier alpha value is -2.28. The first-order chi connectivity index (χ1) is 10.2. The Kier molecular flexibility index (Phi) is 3.92. The Bertz CT molecular complexity index is 656. The lowest BCUT2D eigenvalue weighted by molar-refractivity contribution is -0.384. The van der Waals surface area contributed by atoms with Crippen LogP contribution in [-0.2, 0) is 0 Å². The quantitative estimate of drug-likeness (QED) is 0.682. The molecule has 1 aromatic carbocycles. The number of nitrogens with zero attached hydrogens (tertiary/aromatic N) is 3. The molecule has 0 atom stereocenters. The number of rotatable bonds is 4. The van der Waals surface area contributed by atoms with Crippen LogP contribution in [0.15, 0.2) is 24.5 Å². The molecule has 1 N–H and O–H groups in total. The molecule has 0 spiro atoms. The fraction of sp³-hybridized carbons (Fsp3) is 0.429. The van der Waals surface area contributed by atoms with Crippen LogP contribution in [0.3, 0.4) is 0 Å². The van der Waals surface area contributed by atoms with E-state index in [1.165, 1.54) is 18.5 Å². The highest BCUT2D eigenvalue weighted by Crippen LogP contribution is 2.26. The maximum atomic E-state index is 10.9. The van der Waals surface area contributed by atoms with Crippen molar-refractivity contribution in [2.75, 3.05) is 19.7 Å². The zero-order valence-corrected chi connectivity index (χ0v) is 11.5. The molecule has 2 aromatic rings. The molecule has 0 aliphatic carbocycles. The van der Waals surface area contributed by atoms with Crippen LogP contribution in [0, 0.1) is 16.0 Å². The number of benzene rings is 1. The molecule has 7 nitrogen and oxygen atoms in total. The van der Waals surface area contributed by atoms with E-state index in [4.69, 9.17) is 4.74 Å². The van der Waals surface area contributed by atoms with Crippen molar-refractivity contribution in [1.82, 2.24) is 15.3 Å². The van der Waals surface area contributed by atoms with E-state index in [1.54, 1.807) is 6.07 Å². The highest BCUT2D eigenvalue weighted by Gasteiger charge is 2.16. The van der Waals surface area contributed by atoms with Crippen LogP contribution >= 0.6 is 0 Å². The minimum atomic E-state index is -0.428. The second-order valence-corrected chi connectivity index (χ2v) is 5.14. The van der Waals surface area contributed by atoms with E-state index in [1.807, 2.05) is 0 Å². The molecule has 1 aromatic heterocycles. The van der Waals surface area contributed by atoms with Gasteiger partial charge >= 0.3 is 0 Å². The van der Waals surface area contributed by atoms with Crippen LogP contribution < -0.4 is 10.1 Å². The van der Waals surface area contributed by atoms with E-state index in [2.05, 4.69) is 15.3 Å². The largest absolute Gasteiger partial charge is 0.477 e. The third kappa shape index (κ3) is 3.08. The molecule has 1 aliphatic heterocycles. The Morgan fingerprint density at radius 3 is 2.90 bits per heavy atom. The minimum absolute atomic E-state index is 0.0176.